The van der Waals surface area contributed by atoms with Gasteiger partial charge >= 0.3 is 0 Å². The van der Waals surface area contributed by atoms with Crippen molar-refractivity contribution in [3.05, 3.63) is 29.8 Å². The second-order valence-electron chi connectivity index (χ2n) is 4.58. The monoisotopic (exact) mass is 287 g/mol. The van der Waals surface area contributed by atoms with E-state index in [9.17, 15) is 13.0 Å². The third kappa shape index (κ3) is 7.15. The minimum absolute atomic E-state index is 0.284. The van der Waals surface area contributed by atoms with Crippen LogP contribution in [0.25, 0.3) is 0 Å². The molecule has 0 aromatic heterocycles. The van der Waals surface area contributed by atoms with Crippen molar-refractivity contribution in [1.82, 2.24) is 0 Å². The SMILES string of the molecule is CCOc1ccc(C[NH+](C)CCCS(=O)(=O)[O-])cc1. The molecule has 1 atom stereocenters. The van der Waals surface area contributed by atoms with E-state index in [2.05, 4.69) is 0 Å². The van der Waals surface area contributed by atoms with Crippen molar-refractivity contribution < 1.29 is 22.6 Å². The first-order valence-electron chi connectivity index (χ1n) is 6.37. The average Bonchev–Trinajstić information content (AvgIpc) is 2.30. The summed E-state index contributed by atoms with van der Waals surface area (Å²) in [5, 5.41) is 0. The maximum atomic E-state index is 10.5. The van der Waals surface area contributed by atoms with Gasteiger partial charge in [0, 0.05) is 17.7 Å². The van der Waals surface area contributed by atoms with Crippen molar-refractivity contribution in [2.75, 3.05) is 26.0 Å². The normalized spacial score (nSPS) is 13.2. The van der Waals surface area contributed by atoms with Gasteiger partial charge < -0.3 is 14.2 Å². The Morgan fingerprint density at radius 1 is 1.26 bits per heavy atom. The molecule has 5 nitrogen and oxygen atoms in total. The Morgan fingerprint density at radius 3 is 2.42 bits per heavy atom. The van der Waals surface area contributed by atoms with E-state index >= 15 is 0 Å². The molecule has 1 aromatic rings. The van der Waals surface area contributed by atoms with Crippen LogP contribution in [0.15, 0.2) is 24.3 Å². The van der Waals surface area contributed by atoms with Crippen LogP contribution in [0.3, 0.4) is 0 Å². The first kappa shape index (κ1) is 15.9. The van der Waals surface area contributed by atoms with Gasteiger partial charge in [0.1, 0.15) is 12.3 Å². The summed E-state index contributed by atoms with van der Waals surface area (Å²) in [6.45, 7) is 4.05. The average molecular weight is 287 g/mol. The fourth-order valence-electron chi connectivity index (χ4n) is 1.86. The summed E-state index contributed by atoms with van der Waals surface area (Å²) in [5.41, 5.74) is 1.16. The number of benzene rings is 1. The van der Waals surface area contributed by atoms with Gasteiger partial charge in [-0.3, -0.25) is 0 Å². The van der Waals surface area contributed by atoms with Crippen molar-refractivity contribution in [2.24, 2.45) is 0 Å². The lowest BCUT2D eigenvalue weighted by molar-refractivity contribution is -0.893. The van der Waals surface area contributed by atoms with Crippen LogP contribution in [0.2, 0.25) is 0 Å². The van der Waals surface area contributed by atoms with Gasteiger partial charge in [0.2, 0.25) is 0 Å². The second kappa shape index (κ2) is 7.47. The lowest BCUT2D eigenvalue weighted by Gasteiger charge is -2.15. The lowest BCUT2D eigenvalue weighted by Crippen LogP contribution is -3.07. The van der Waals surface area contributed by atoms with Gasteiger partial charge in [-0.25, -0.2) is 8.42 Å². The summed E-state index contributed by atoms with van der Waals surface area (Å²) >= 11 is 0. The summed E-state index contributed by atoms with van der Waals surface area (Å²) in [4.78, 5) is 1.17. The zero-order chi connectivity index (χ0) is 14.3. The van der Waals surface area contributed by atoms with E-state index in [4.69, 9.17) is 4.74 Å². The first-order chi connectivity index (χ1) is 8.90. The summed E-state index contributed by atoms with van der Waals surface area (Å²) in [5.74, 6) is 0.564. The number of hydrogen-bond acceptors (Lipinski definition) is 4. The largest absolute Gasteiger partial charge is 0.748 e. The molecular weight excluding hydrogens is 266 g/mol. The fourth-order valence-corrected chi connectivity index (χ4v) is 2.36. The highest BCUT2D eigenvalue weighted by atomic mass is 32.2. The van der Waals surface area contributed by atoms with Crippen molar-refractivity contribution in [1.29, 1.82) is 0 Å². The minimum Gasteiger partial charge on any atom is -0.748 e. The molecule has 1 rings (SSSR count). The van der Waals surface area contributed by atoms with Gasteiger partial charge in [0.15, 0.2) is 0 Å². The molecule has 0 spiro atoms. The highest BCUT2D eigenvalue weighted by Gasteiger charge is 2.05. The molecule has 0 aliphatic rings. The third-order valence-electron chi connectivity index (χ3n) is 2.74. The predicted molar refractivity (Wildman–Crippen MR) is 72.2 cm³/mol. The standard InChI is InChI=1S/C13H21NO4S/c1-3-18-13-7-5-12(6-8-13)11-14(2)9-4-10-19(15,16)17/h5-8H,3-4,9-11H2,1-2H3,(H,15,16,17). The van der Waals surface area contributed by atoms with E-state index in [1.54, 1.807) is 0 Å². The smallest absolute Gasteiger partial charge is 0.119 e. The molecule has 0 heterocycles. The summed E-state index contributed by atoms with van der Waals surface area (Å²) in [6.07, 6.45) is 0.398. The molecule has 0 amide bonds. The van der Waals surface area contributed by atoms with E-state index in [1.807, 2.05) is 38.2 Å². The zero-order valence-corrected chi connectivity index (χ0v) is 12.2. The van der Waals surface area contributed by atoms with E-state index < -0.39 is 10.1 Å². The van der Waals surface area contributed by atoms with Crippen LogP contribution in [0, 0.1) is 0 Å². The Morgan fingerprint density at radius 2 is 1.89 bits per heavy atom. The Kier molecular flexibility index (Phi) is 6.27. The predicted octanol–water partition coefficient (Wildman–Crippen LogP) is 0.0353. The molecule has 0 radical (unpaired) electrons. The highest BCUT2D eigenvalue weighted by Crippen LogP contribution is 2.11. The lowest BCUT2D eigenvalue weighted by atomic mass is 10.2. The molecule has 0 aliphatic heterocycles. The Balaban J connectivity index is 2.37. The number of nitrogens with one attached hydrogen (secondary N) is 1. The van der Waals surface area contributed by atoms with E-state index in [1.165, 1.54) is 4.90 Å². The molecule has 1 N–H and O–H groups in total. The molecule has 1 aromatic carbocycles. The summed E-state index contributed by atoms with van der Waals surface area (Å²) < 4.78 is 36.8. The van der Waals surface area contributed by atoms with Gasteiger partial charge in [-0.1, -0.05) is 0 Å². The summed E-state index contributed by atoms with van der Waals surface area (Å²) in [7, 11) is -2.10. The fraction of sp³-hybridized carbons (Fsp3) is 0.538. The van der Waals surface area contributed by atoms with E-state index in [-0.39, 0.29) is 5.75 Å². The van der Waals surface area contributed by atoms with Gasteiger partial charge in [-0.15, -0.1) is 0 Å². The van der Waals surface area contributed by atoms with Crippen LogP contribution in [-0.4, -0.2) is 38.9 Å². The molecule has 1 unspecified atom stereocenters. The minimum atomic E-state index is -4.08. The van der Waals surface area contributed by atoms with E-state index in [0.29, 0.717) is 19.6 Å². The number of hydrogen-bond donors (Lipinski definition) is 1. The Hall–Kier alpha value is -1.11. The molecule has 0 aliphatic carbocycles. The maximum Gasteiger partial charge on any atom is 0.119 e. The molecule has 0 bridgehead atoms. The third-order valence-corrected chi connectivity index (χ3v) is 3.53. The van der Waals surface area contributed by atoms with Crippen LogP contribution in [0.1, 0.15) is 18.9 Å². The molecule has 0 saturated carbocycles. The van der Waals surface area contributed by atoms with Crippen molar-refractivity contribution in [3.63, 3.8) is 0 Å². The van der Waals surface area contributed by atoms with Crippen LogP contribution >= 0.6 is 0 Å². The van der Waals surface area contributed by atoms with Gasteiger partial charge in [0.25, 0.3) is 0 Å². The van der Waals surface area contributed by atoms with Gasteiger partial charge in [-0.05, 0) is 31.2 Å². The van der Waals surface area contributed by atoms with Crippen LogP contribution < -0.4 is 9.64 Å². The molecular formula is C13H21NO4S. The number of rotatable bonds is 8. The molecule has 0 fully saturated rings. The first-order valence-corrected chi connectivity index (χ1v) is 7.95. The number of ether oxygens (including phenoxy) is 1. The second-order valence-corrected chi connectivity index (χ2v) is 6.10. The Bertz CT molecular complexity index is 470. The Labute approximate surface area is 114 Å². The van der Waals surface area contributed by atoms with Gasteiger partial charge in [-0.2, -0.15) is 0 Å². The zero-order valence-electron chi connectivity index (χ0n) is 11.4. The molecule has 6 heteroatoms. The topological polar surface area (TPSA) is 70.9 Å². The van der Waals surface area contributed by atoms with Crippen molar-refractivity contribution in [2.45, 2.75) is 19.9 Å². The molecule has 19 heavy (non-hydrogen) atoms. The summed E-state index contributed by atoms with van der Waals surface area (Å²) in [6, 6.07) is 7.85. The molecule has 0 saturated heterocycles. The van der Waals surface area contributed by atoms with Gasteiger partial charge in [0.05, 0.1) is 30.3 Å². The van der Waals surface area contributed by atoms with E-state index in [0.717, 1.165) is 17.9 Å². The van der Waals surface area contributed by atoms with Crippen molar-refractivity contribution >= 4 is 10.1 Å². The maximum absolute atomic E-state index is 10.5. The van der Waals surface area contributed by atoms with Crippen LogP contribution in [-0.2, 0) is 16.7 Å². The number of quaternary nitrogens is 1. The molecule has 108 valence electrons. The van der Waals surface area contributed by atoms with Crippen LogP contribution in [0.5, 0.6) is 5.75 Å². The van der Waals surface area contributed by atoms with Crippen LogP contribution in [0.4, 0.5) is 0 Å². The quantitative estimate of drug-likeness (QED) is 0.685. The highest BCUT2D eigenvalue weighted by molar-refractivity contribution is 7.85. The van der Waals surface area contributed by atoms with Crippen molar-refractivity contribution in [3.8, 4) is 5.75 Å².